The van der Waals surface area contributed by atoms with Crippen LogP contribution in [0.15, 0.2) is 18.2 Å². The summed E-state index contributed by atoms with van der Waals surface area (Å²) in [5.41, 5.74) is 1.35. The molecule has 1 aromatic carbocycles. The summed E-state index contributed by atoms with van der Waals surface area (Å²) in [5.74, 6) is -0.326. The lowest BCUT2D eigenvalue weighted by Gasteiger charge is -2.35. The Morgan fingerprint density at radius 1 is 1.30 bits per heavy atom. The number of unbranched alkanes of at least 4 members (excludes halogenated alkanes) is 1. The number of anilines is 1. The topological polar surface area (TPSA) is 99.2 Å². The fourth-order valence-corrected chi connectivity index (χ4v) is 2.91. The van der Waals surface area contributed by atoms with Gasteiger partial charge in [0.05, 0.1) is 18.2 Å². The number of ether oxygens (including phenoxy) is 1. The highest BCUT2D eigenvalue weighted by Gasteiger charge is 2.27. The molecule has 0 saturated carbocycles. The Labute approximate surface area is 159 Å². The molecule has 2 amide bonds. The quantitative estimate of drug-likeness (QED) is 0.664. The molecule has 0 unspecified atom stereocenters. The summed E-state index contributed by atoms with van der Waals surface area (Å²) in [5, 5.41) is 11.4. The molecule has 0 spiro atoms. The van der Waals surface area contributed by atoms with E-state index >= 15 is 0 Å². The van der Waals surface area contributed by atoms with Crippen molar-refractivity contribution in [3.05, 3.63) is 23.8 Å². The average molecular weight is 377 g/mol. The lowest BCUT2D eigenvalue weighted by atomic mass is 10.1. The van der Waals surface area contributed by atoms with E-state index < -0.39 is 5.97 Å². The molecular weight excluding hydrogens is 350 g/mol. The fraction of sp³-hybridized carbons (Fsp3) is 0.526. The Bertz CT molecular complexity index is 705. The minimum absolute atomic E-state index is 0.0903. The van der Waals surface area contributed by atoms with Crippen LogP contribution in [0.5, 0.6) is 5.75 Å². The van der Waals surface area contributed by atoms with Gasteiger partial charge < -0.3 is 25.0 Å². The van der Waals surface area contributed by atoms with Crippen LogP contribution in [0.3, 0.4) is 0 Å². The molecule has 0 aromatic heterocycles. The van der Waals surface area contributed by atoms with E-state index in [9.17, 15) is 14.4 Å². The Morgan fingerprint density at radius 2 is 2.04 bits per heavy atom. The van der Waals surface area contributed by atoms with Crippen LogP contribution in [0.1, 0.15) is 36.0 Å². The zero-order valence-electron chi connectivity index (χ0n) is 16.0. The number of hydrogen-bond acceptors (Lipinski definition) is 5. The molecule has 8 heteroatoms. The van der Waals surface area contributed by atoms with Crippen molar-refractivity contribution < 1.29 is 24.2 Å². The lowest BCUT2D eigenvalue weighted by Crippen LogP contribution is -2.44. The number of benzene rings is 1. The number of carboxylic acid groups (broad SMARTS) is 1. The second-order valence-electron chi connectivity index (χ2n) is 6.86. The zero-order valence-corrected chi connectivity index (χ0v) is 16.0. The van der Waals surface area contributed by atoms with E-state index in [4.69, 9.17) is 9.84 Å². The maximum absolute atomic E-state index is 12.2. The lowest BCUT2D eigenvalue weighted by molar-refractivity contribution is -0.137. The molecule has 1 atom stereocenters. The number of aliphatic carboxylic acids is 1. The first-order valence-electron chi connectivity index (χ1n) is 8.99. The summed E-state index contributed by atoms with van der Waals surface area (Å²) in [6.45, 7) is 0.846. The fourth-order valence-electron chi connectivity index (χ4n) is 2.91. The van der Waals surface area contributed by atoms with Gasteiger partial charge in [0.2, 0.25) is 5.91 Å². The molecule has 0 saturated heterocycles. The number of likely N-dealkylation sites (N-methyl/N-ethyl adjacent to an activating group) is 1. The van der Waals surface area contributed by atoms with E-state index in [0.29, 0.717) is 37.3 Å². The number of carbonyl (C=O) groups is 3. The number of fused-ring (bicyclic) bond motifs is 1. The summed E-state index contributed by atoms with van der Waals surface area (Å²) in [6, 6.07) is 5.16. The van der Waals surface area contributed by atoms with E-state index in [2.05, 4.69) is 5.32 Å². The molecule has 0 radical (unpaired) electrons. The Morgan fingerprint density at radius 3 is 2.70 bits per heavy atom. The van der Waals surface area contributed by atoms with E-state index in [1.165, 1.54) is 4.90 Å². The molecule has 0 fully saturated rings. The summed E-state index contributed by atoms with van der Waals surface area (Å²) < 4.78 is 5.76. The average Bonchev–Trinajstić information content (AvgIpc) is 2.62. The van der Waals surface area contributed by atoms with Crippen LogP contribution in [0, 0.1) is 0 Å². The third kappa shape index (κ3) is 5.60. The molecule has 27 heavy (non-hydrogen) atoms. The van der Waals surface area contributed by atoms with Gasteiger partial charge in [0.1, 0.15) is 12.4 Å². The van der Waals surface area contributed by atoms with Gasteiger partial charge in [-0.15, -0.1) is 0 Å². The van der Waals surface area contributed by atoms with Crippen LogP contribution >= 0.6 is 0 Å². The largest absolute Gasteiger partial charge is 0.489 e. The van der Waals surface area contributed by atoms with Gasteiger partial charge in [0, 0.05) is 39.7 Å². The summed E-state index contributed by atoms with van der Waals surface area (Å²) in [4.78, 5) is 38.3. The van der Waals surface area contributed by atoms with Crippen LogP contribution in [0.2, 0.25) is 0 Å². The number of nitrogens with zero attached hydrogens (tertiary/aromatic N) is 2. The van der Waals surface area contributed by atoms with Crippen molar-refractivity contribution in [1.29, 1.82) is 0 Å². The van der Waals surface area contributed by atoms with Gasteiger partial charge in [0.15, 0.2) is 0 Å². The number of rotatable bonds is 8. The van der Waals surface area contributed by atoms with Crippen LogP contribution in [-0.2, 0) is 9.59 Å². The first-order chi connectivity index (χ1) is 12.8. The number of carboxylic acids is 1. The highest BCUT2D eigenvalue weighted by atomic mass is 16.5. The molecule has 148 valence electrons. The van der Waals surface area contributed by atoms with Gasteiger partial charge in [-0.3, -0.25) is 14.4 Å². The van der Waals surface area contributed by atoms with Gasteiger partial charge in [-0.25, -0.2) is 0 Å². The zero-order chi connectivity index (χ0) is 20.0. The van der Waals surface area contributed by atoms with Crippen LogP contribution in [0.4, 0.5) is 5.69 Å². The minimum Gasteiger partial charge on any atom is -0.489 e. The van der Waals surface area contributed by atoms with Crippen LogP contribution < -0.4 is 15.0 Å². The van der Waals surface area contributed by atoms with Gasteiger partial charge in [-0.2, -0.15) is 0 Å². The SMILES string of the molecule is CN(C)C(=O)c1ccc2c(c1)N(C)[C@H](CC(=O)NCCCCC(=O)O)CO2. The highest BCUT2D eigenvalue weighted by Crippen LogP contribution is 2.34. The van der Waals surface area contributed by atoms with Crippen molar-refractivity contribution in [2.45, 2.75) is 31.7 Å². The Kier molecular flexibility index (Phi) is 7.04. The van der Waals surface area contributed by atoms with Crippen molar-refractivity contribution in [2.75, 3.05) is 39.2 Å². The van der Waals surface area contributed by atoms with E-state index in [0.717, 1.165) is 5.69 Å². The maximum atomic E-state index is 12.2. The third-order valence-electron chi connectivity index (χ3n) is 4.53. The second-order valence-corrected chi connectivity index (χ2v) is 6.86. The predicted molar refractivity (Wildman–Crippen MR) is 101 cm³/mol. The van der Waals surface area contributed by atoms with Crippen molar-refractivity contribution in [3.63, 3.8) is 0 Å². The van der Waals surface area contributed by atoms with Crippen LogP contribution in [0.25, 0.3) is 0 Å². The minimum atomic E-state index is -0.826. The van der Waals surface area contributed by atoms with Gasteiger partial charge in [0.25, 0.3) is 5.91 Å². The highest BCUT2D eigenvalue weighted by molar-refractivity contribution is 5.95. The number of nitrogens with one attached hydrogen (secondary N) is 1. The number of amides is 2. The van der Waals surface area contributed by atoms with Crippen molar-refractivity contribution in [2.24, 2.45) is 0 Å². The number of hydrogen-bond donors (Lipinski definition) is 2. The maximum Gasteiger partial charge on any atom is 0.303 e. The second kappa shape index (κ2) is 9.25. The molecule has 1 aliphatic rings. The van der Waals surface area contributed by atoms with Gasteiger partial charge >= 0.3 is 5.97 Å². The summed E-state index contributed by atoms with van der Waals surface area (Å²) in [7, 11) is 5.28. The molecule has 0 aliphatic carbocycles. The van der Waals surface area contributed by atoms with Crippen molar-refractivity contribution in [3.8, 4) is 5.75 Å². The first-order valence-corrected chi connectivity index (χ1v) is 8.99. The van der Waals surface area contributed by atoms with Crippen LogP contribution in [-0.4, -0.2) is 68.1 Å². The molecule has 1 aliphatic heterocycles. The normalized spacial score (nSPS) is 15.5. The predicted octanol–water partition coefficient (Wildman–Crippen LogP) is 1.35. The van der Waals surface area contributed by atoms with Gasteiger partial charge in [-0.1, -0.05) is 0 Å². The molecular formula is C19H27N3O5. The van der Waals surface area contributed by atoms with Crippen molar-refractivity contribution >= 4 is 23.5 Å². The molecule has 1 aromatic rings. The van der Waals surface area contributed by atoms with Gasteiger partial charge in [-0.05, 0) is 31.0 Å². The molecule has 8 nitrogen and oxygen atoms in total. The summed E-state index contributed by atoms with van der Waals surface area (Å²) >= 11 is 0. The van der Waals surface area contributed by atoms with Crippen molar-refractivity contribution in [1.82, 2.24) is 10.2 Å². The smallest absolute Gasteiger partial charge is 0.303 e. The Hall–Kier alpha value is -2.77. The monoisotopic (exact) mass is 377 g/mol. The molecule has 2 rings (SSSR count). The first kappa shape index (κ1) is 20.5. The molecule has 2 N–H and O–H groups in total. The van der Waals surface area contributed by atoms with E-state index in [-0.39, 0.29) is 30.7 Å². The standard InChI is InChI=1S/C19H27N3O5/c1-21(2)19(26)13-7-8-16-15(10-13)22(3)14(12-27-16)11-17(23)20-9-5-4-6-18(24)25/h7-8,10,14H,4-6,9,11-12H2,1-3H3,(H,20,23)(H,24,25)/t14-/m1/s1. The molecule has 0 bridgehead atoms. The third-order valence-corrected chi connectivity index (χ3v) is 4.53. The molecule has 1 heterocycles. The summed E-state index contributed by atoms with van der Waals surface area (Å²) in [6.07, 6.45) is 1.55. The van der Waals surface area contributed by atoms with E-state index in [1.807, 2.05) is 11.9 Å². The number of carbonyl (C=O) groups excluding carboxylic acids is 2. The van der Waals surface area contributed by atoms with E-state index in [1.54, 1.807) is 32.3 Å². The Balaban J connectivity index is 1.92.